The zero-order valence-corrected chi connectivity index (χ0v) is 11.5. The van der Waals surface area contributed by atoms with Crippen molar-refractivity contribution in [3.8, 4) is 6.07 Å². The van der Waals surface area contributed by atoms with Gasteiger partial charge in [0.05, 0.1) is 18.0 Å². The Labute approximate surface area is 112 Å². The number of pyridine rings is 1. The predicted octanol–water partition coefficient (Wildman–Crippen LogP) is 4.25. The molecule has 0 saturated carbocycles. The maximum atomic E-state index is 8.94. The highest BCUT2D eigenvalue weighted by molar-refractivity contribution is 6.31. The molecule has 0 amide bonds. The molecule has 0 aliphatic rings. The number of aromatic nitrogens is 1. The second-order valence-electron chi connectivity index (χ2n) is 5.41. The first kappa shape index (κ1) is 12.9. The summed E-state index contributed by atoms with van der Waals surface area (Å²) < 4.78 is 0. The average molecular weight is 259 g/mol. The number of fused-ring (bicyclic) bond motifs is 1. The lowest BCUT2D eigenvalue weighted by Gasteiger charge is -2.19. The van der Waals surface area contributed by atoms with Gasteiger partial charge in [0.15, 0.2) is 0 Å². The van der Waals surface area contributed by atoms with Crippen LogP contribution in [0.3, 0.4) is 0 Å². The molecule has 1 aromatic heterocycles. The van der Waals surface area contributed by atoms with Gasteiger partial charge in [-0.25, -0.2) is 0 Å². The molecule has 1 heterocycles. The van der Waals surface area contributed by atoms with Crippen molar-refractivity contribution in [1.82, 2.24) is 4.98 Å². The standard InChI is InChI=1S/C15H15ClN2/c1-15(2,3)14-8-10(6-7-17)12-9-11(16)4-5-13(12)18-14/h4-5,8-9H,6H2,1-3H3. The van der Waals surface area contributed by atoms with E-state index in [1.807, 2.05) is 24.3 Å². The summed E-state index contributed by atoms with van der Waals surface area (Å²) >= 11 is 6.01. The van der Waals surface area contributed by atoms with E-state index in [0.29, 0.717) is 11.4 Å². The van der Waals surface area contributed by atoms with Crippen LogP contribution in [0.2, 0.25) is 5.02 Å². The van der Waals surface area contributed by atoms with Gasteiger partial charge in [-0.1, -0.05) is 32.4 Å². The Morgan fingerprint density at radius 2 is 2.00 bits per heavy atom. The summed E-state index contributed by atoms with van der Waals surface area (Å²) in [5.41, 5.74) is 2.87. The molecule has 0 spiro atoms. The molecule has 1 aromatic carbocycles. The van der Waals surface area contributed by atoms with Gasteiger partial charge in [0, 0.05) is 21.5 Å². The van der Waals surface area contributed by atoms with Crippen molar-refractivity contribution in [3.63, 3.8) is 0 Å². The number of hydrogen-bond donors (Lipinski definition) is 0. The van der Waals surface area contributed by atoms with Crippen LogP contribution < -0.4 is 0 Å². The van der Waals surface area contributed by atoms with E-state index in [1.54, 1.807) is 0 Å². The molecule has 0 radical (unpaired) electrons. The minimum atomic E-state index is -0.0297. The van der Waals surface area contributed by atoms with Crippen LogP contribution in [0.15, 0.2) is 24.3 Å². The van der Waals surface area contributed by atoms with Gasteiger partial charge in [-0.3, -0.25) is 4.98 Å². The van der Waals surface area contributed by atoms with Gasteiger partial charge in [-0.2, -0.15) is 5.26 Å². The SMILES string of the molecule is CC(C)(C)c1cc(CC#N)c2cc(Cl)ccc2n1. The first-order valence-electron chi connectivity index (χ1n) is 5.88. The third-order valence-corrected chi connectivity index (χ3v) is 3.13. The molecule has 0 aliphatic carbocycles. The van der Waals surface area contributed by atoms with Crippen LogP contribution >= 0.6 is 11.6 Å². The fourth-order valence-corrected chi connectivity index (χ4v) is 2.06. The lowest BCUT2D eigenvalue weighted by molar-refractivity contribution is 0.571. The number of nitriles is 1. The van der Waals surface area contributed by atoms with Crippen LogP contribution in [0.25, 0.3) is 10.9 Å². The number of hydrogen-bond acceptors (Lipinski definition) is 2. The van der Waals surface area contributed by atoms with Crippen molar-refractivity contribution in [3.05, 3.63) is 40.5 Å². The van der Waals surface area contributed by atoms with E-state index in [0.717, 1.165) is 22.2 Å². The van der Waals surface area contributed by atoms with Crippen LogP contribution in [0.1, 0.15) is 32.0 Å². The molecule has 0 saturated heterocycles. The first-order chi connectivity index (χ1) is 8.41. The van der Waals surface area contributed by atoms with Crippen LogP contribution in [-0.2, 0) is 11.8 Å². The van der Waals surface area contributed by atoms with E-state index in [-0.39, 0.29) is 5.41 Å². The van der Waals surface area contributed by atoms with E-state index in [4.69, 9.17) is 16.9 Å². The van der Waals surface area contributed by atoms with Crippen molar-refractivity contribution in [1.29, 1.82) is 5.26 Å². The van der Waals surface area contributed by atoms with E-state index in [1.165, 1.54) is 0 Å². The minimum Gasteiger partial charge on any atom is -0.252 e. The Balaban J connectivity index is 2.75. The molecule has 0 atom stereocenters. The van der Waals surface area contributed by atoms with E-state index in [2.05, 4.69) is 31.8 Å². The van der Waals surface area contributed by atoms with Crippen molar-refractivity contribution < 1.29 is 0 Å². The predicted molar refractivity (Wildman–Crippen MR) is 74.8 cm³/mol. The molecule has 2 nitrogen and oxygen atoms in total. The van der Waals surface area contributed by atoms with Crippen molar-refractivity contribution >= 4 is 22.5 Å². The molecule has 0 fully saturated rings. The third-order valence-electron chi connectivity index (χ3n) is 2.89. The lowest BCUT2D eigenvalue weighted by atomic mass is 9.89. The number of benzene rings is 1. The normalized spacial score (nSPS) is 11.5. The van der Waals surface area contributed by atoms with Gasteiger partial charge >= 0.3 is 0 Å². The van der Waals surface area contributed by atoms with Gasteiger partial charge < -0.3 is 0 Å². The van der Waals surface area contributed by atoms with Crippen molar-refractivity contribution in [2.24, 2.45) is 0 Å². The average Bonchev–Trinajstić information content (AvgIpc) is 2.28. The second-order valence-corrected chi connectivity index (χ2v) is 5.85. The zero-order chi connectivity index (χ0) is 13.3. The molecule has 0 unspecified atom stereocenters. The molecule has 3 heteroatoms. The van der Waals surface area contributed by atoms with Gasteiger partial charge in [0.1, 0.15) is 0 Å². The maximum Gasteiger partial charge on any atom is 0.0709 e. The van der Waals surface area contributed by atoms with Crippen molar-refractivity contribution in [2.75, 3.05) is 0 Å². The van der Waals surface area contributed by atoms with Gasteiger partial charge in [0.25, 0.3) is 0 Å². The molecule has 2 aromatic rings. The van der Waals surface area contributed by atoms with Gasteiger partial charge in [-0.15, -0.1) is 0 Å². The second kappa shape index (κ2) is 4.59. The molecule has 0 aliphatic heterocycles. The van der Waals surface area contributed by atoms with Crippen LogP contribution in [-0.4, -0.2) is 4.98 Å². The van der Waals surface area contributed by atoms with E-state index < -0.39 is 0 Å². The topological polar surface area (TPSA) is 36.7 Å². The van der Waals surface area contributed by atoms with Gasteiger partial charge in [0.2, 0.25) is 0 Å². The fraction of sp³-hybridized carbons (Fsp3) is 0.333. The first-order valence-corrected chi connectivity index (χ1v) is 6.26. The summed E-state index contributed by atoms with van der Waals surface area (Å²) in [7, 11) is 0. The molecule has 0 N–H and O–H groups in total. The van der Waals surface area contributed by atoms with E-state index in [9.17, 15) is 0 Å². The number of nitrogens with zero attached hydrogens (tertiary/aromatic N) is 2. The quantitative estimate of drug-likeness (QED) is 0.767. The monoisotopic (exact) mass is 258 g/mol. The Bertz CT molecular complexity index is 633. The minimum absolute atomic E-state index is 0.0297. The Hall–Kier alpha value is -1.59. The summed E-state index contributed by atoms with van der Waals surface area (Å²) in [4.78, 5) is 4.66. The van der Waals surface area contributed by atoms with E-state index >= 15 is 0 Å². The summed E-state index contributed by atoms with van der Waals surface area (Å²) in [5, 5.41) is 10.6. The maximum absolute atomic E-state index is 8.94. The highest BCUT2D eigenvalue weighted by Crippen LogP contribution is 2.28. The summed E-state index contributed by atoms with van der Waals surface area (Å²) in [6.45, 7) is 6.35. The summed E-state index contributed by atoms with van der Waals surface area (Å²) in [5.74, 6) is 0. The highest BCUT2D eigenvalue weighted by Gasteiger charge is 2.17. The smallest absolute Gasteiger partial charge is 0.0709 e. The Morgan fingerprint density at radius 3 is 2.61 bits per heavy atom. The summed E-state index contributed by atoms with van der Waals surface area (Å²) in [6, 6.07) is 9.84. The summed E-state index contributed by atoms with van der Waals surface area (Å²) in [6.07, 6.45) is 0.377. The molecule has 18 heavy (non-hydrogen) atoms. The van der Waals surface area contributed by atoms with Crippen molar-refractivity contribution in [2.45, 2.75) is 32.6 Å². The molecule has 92 valence electrons. The lowest BCUT2D eigenvalue weighted by Crippen LogP contribution is -2.14. The third kappa shape index (κ3) is 2.47. The molecule has 0 bridgehead atoms. The zero-order valence-electron chi connectivity index (χ0n) is 10.8. The van der Waals surface area contributed by atoms with Crippen LogP contribution in [0, 0.1) is 11.3 Å². The molecular formula is C15H15ClN2. The van der Waals surface area contributed by atoms with Crippen LogP contribution in [0.5, 0.6) is 0 Å². The Kier molecular flexibility index (Phi) is 3.28. The molecular weight excluding hydrogens is 244 g/mol. The fourth-order valence-electron chi connectivity index (χ4n) is 1.88. The largest absolute Gasteiger partial charge is 0.252 e. The van der Waals surface area contributed by atoms with Gasteiger partial charge in [-0.05, 0) is 29.8 Å². The number of rotatable bonds is 1. The molecule has 2 rings (SSSR count). The van der Waals surface area contributed by atoms with Crippen LogP contribution in [0.4, 0.5) is 0 Å². The highest BCUT2D eigenvalue weighted by atomic mass is 35.5. The number of halogens is 1. The Morgan fingerprint density at radius 1 is 1.28 bits per heavy atom.